The number of halogens is 1. The number of hydrogen-bond acceptors (Lipinski definition) is 3. The molecule has 1 amide bonds. The Morgan fingerprint density at radius 1 is 1.24 bits per heavy atom. The van der Waals surface area contributed by atoms with Gasteiger partial charge in [-0.2, -0.15) is 0 Å². The number of fused-ring (bicyclic) bond motifs is 1. The Bertz CT molecular complexity index is 700. The zero-order valence-electron chi connectivity index (χ0n) is 11.4. The van der Waals surface area contributed by atoms with E-state index in [-0.39, 0.29) is 0 Å². The molecule has 0 saturated heterocycles. The zero-order chi connectivity index (χ0) is 14.8. The van der Waals surface area contributed by atoms with E-state index in [1.807, 2.05) is 12.1 Å². The van der Waals surface area contributed by atoms with Crippen molar-refractivity contribution in [2.24, 2.45) is 5.73 Å². The molecule has 1 aliphatic heterocycles. The maximum atomic E-state index is 11.5. The molecule has 2 aromatic rings. The van der Waals surface area contributed by atoms with Gasteiger partial charge < -0.3 is 16.4 Å². The van der Waals surface area contributed by atoms with Gasteiger partial charge in [0.1, 0.15) is 0 Å². The van der Waals surface area contributed by atoms with E-state index < -0.39 is 5.91 Å². The lowest BCUT2D eigenvalue weighted by atomic mass is 10.0. The van der Waals surface area contributed by atoms with Gasteiger partial charge in [-0.15, -0.1) is 0 Å². The van der Waals surface area contributed by atoms with Gasteiger partial charge in [0.05, 0.1) is 11.3 Å². The molecule has 0 aromatic heterocycles. The molecule has 4 nitrogen and oxygen atoms in total. The molecule has 0 radical (unpaired) electrons. The second-order valence-corrected chi connectivity index (χ2v) is 5.52. The second kappa shape index (κ2) is 5.66. The molecular formula is C16H16ClN3O. The molecule has 21 heavy (non-hydrogen) atoms. The molecule has 5 heteroatoms. The number of rotatable bonds is 3. The molecule has 0 atom stereocenters. The lowest BCUT2D eigenvalue weighted by Crippen LogP contribution is -2.14. The first kappa shape index (κ1) is 13.8. The van der Waals surface area contributed by atoms with Crippen LogP contribution >= 0.6 is 11.6 Å². The number of nitrogens with one attached hydrogen (secondary N) is 2. The standard InChI is InChI=1S/C16H16ClN3O/c17-11-3-5-13(16(18)21)15(9-11)20-12-4-6-14-10(8-12)2-1-7-19-14/h3-6,8-9,19-20H,1-2,7H2,(H2,18,21). The van der Waals surface area contributed by atoms with Crippen molar-refractivity contribution in [2.45, 2.75) is 12.8 Å². The fraction of sp³-hybridized carbons (Fsp3) is 0.188. The Kier molecular flexibility index (Phi) is 3.71. The summed E-state index contributed by atoms with van der Waals surface area (Å²) in [6.45, 7) is 1.01. The minimum absolute atomic E-state index is 0.426. The number of anilines is 3. The van der Waals surface area contributed by atoms with Gasteiger partial charge in [-0.3, -0.25) is 4.79 Å². The topological polar surface area (TPSA) is 67.2 Å². The maximum Gasteiger partial charge on any atom is 0.250 e. The van der Waals surface area contributed by atoms with Crippen molar-refractivity contribution in [3.05, 3.63) is 52.5 Å². The fourth-order valence-electron chi connectivity index (χ4n) is 2.54. The van der Waals surface area contributed by atoms with Gasteiger partial charge in [-0.25, -0.2) is 0 Å². The third-order valence-corrected chi connectivity index (χ3v) is 3.80. The van der Waals surface area contributed by atoms with E-state index in [1.54, 1.807) is 18.2 Å². The molecule has 4 N–H and O–H groups in total. The number of aryl methyl sites for hydroxylation is 1. The van der Waals surface area contributed by atoms with E-state index in [9.17, 15) is 4.79 Å². The van der Waals surface area contributed by atoms with E-state index >= 15 is 0 Å². The van der Waals surface area contributed by atoms with Crippen LogP contribution in [0.25, 0.3) is 0 Å². The molecule has 108 valence electrons. The number of carbonyl (C=O) groups is 1. The van der Waals surface area contributed by atoms with Crippen LogP contribution in [0, 0.1) is 0 Å². The third kappa shape index (κ3) is 2.95. The van der Waals surface area contributed by atoms with Gasteiger partial charge in [-0.05, 0) is 54.8 Å². The summed E-state index contributed by atoms with van der Waals surface area (Å²) in [5.41, 5.74) is 9.81. The van der Waals surface area contributed by atoms with Crippen LogP contribution in [0.5, 0.6) is 0 Å². The molecule has 0 spiro atoms. The first-order chi connectivity index (χ1) is 10.1. The molecule has 1 heterocycles. The van der Waals surface area contributed by atoms with Crippen LogP contribution in [0.1, 0.15) is 22.3 Å². The van der Waals surface area contributed by atoms with Crippen molar-refractivity contribution < 1.29 is 4.79 Å². The smallest absolute Gasteiger partial charge is 0.250 e. The SMILES string of the molecule is NC(=O)c1ccc(Cl)cc1Nc1ccc2c(c1)CCCN2. The van der Waals surface area contributed by atoms with Gasteiger partial charge in [0.25, 0.3) is 5.91 Å². The Morgan fingerprint density at radius 2 is 2.10 bits per heavy atom. The van der Waals surface area contributed by atoms with Crippen molar-refractivity contribution >= 4 is 34.6 Å². The second-order valence-electron chi connectivity index (χ2n) is 5.08. The molecular weight excluding hydrogens is 286 g/mol. The van der Waals surface area contributed by atoms with Crippen LogP contribution in [0.4, 0.5) is 17.1 Å². The highest BCUT2D eigenvalue weighted by Crippen LogP contribution is 2.29. The number of nitrogens with two attached hydrogens (primary N) is 1. The molecule has 0 fully saturated rings. The van der Waals surface area contributed by atoms with Gasteiger partial charge in [0, 0.05) is 22.9 Å². The van der Waals surface area contributed by atoms with Gasteiger partial charge in [0.15, 0.2) is 0 Å². The summed E-state index contributed by atoms with van der Waals surface area (Å²) in [5.74, 6) is -0.478. The van der Waals surface area contributed by atoms with E-state index in [4.69, 9.17) is 17.3 Å². The van der Waals surface area contributed by atoms with Crippen molar-refractivity contribution in [2.75, 3.05) is 17.2 Å². The largest absolute Gasteiger partial charge is 0.385 e. The lowest BCUT2D eigenvalue weighted by molar-refractivity contribution is 0.100. The molecule has 0 unspecified atom stereocenters. The quantitative estimate of drug-likeness (QED) is 0.812. The van der Waals surface area contributed by atoms with Gasteiger partial charge in [-0.1, -0.05) is 11.6 Å². The van der Waals surface area contributed by atoms with Crippen LogP contribution < -0.4 is 16.4 Å². The maximum absolute atomic E-state index is 11.5. The highest BCUT2D eigenvalue weighted by molar-refractivity contribution is 6.31. The van der Waals surface area contributed by atoms with Crippen molar-refractivity contribution in [1.82, 2.24) is 0 Å². The first-order valence-corrected chi connectivity index (χ1v) is 7.24. The molecule has 0 saturated carbocycles. The fourth-order valence-corrected chi connectivity index (χ4v) is 2.72. The summed E-state index contributed by atoms with van der Waals surface area (Å²) in [5, 5.41) is 7.16. The van der Waals surface area contributed by atoms with Crippen LogP contribution in [0.2, 0.25) is 5.02 Å². The predicted octanol–water partition coefficient (Wildman–Crippen LogP) is 3.54. The van der Waals surface area contributed by atoms with Crippen molar-refractivity contribution in [1.29, 1.82) is 0 Å². The van der Waals surface area contributed by atoms with Crippen LogP contribution in [-0.2, 0) is 6.42 Å². The van der Waals surface area contributed by atoms with E-state index in [0.29, 0.717) is 16.3 Å². The summed E-state index contributed by atoms with van der Waals surface area (Å²) in [7, 11) is 0. The Labute approximate surface area is 128 Å². The van der Waals surface area contributed by atoms with Crippen LogP contribution in [0.3, 0.4) is 0 Å². The predicted molar refractivity (Wildman–Crippen MR) is 86.5 cm³/mol. The molecule has 1 aliphatic rings. The highest BCUT2D eigenvalue weighted by Gasteiger charge is 2.12. The highest BCUT2D eigenvalue weighted by atomic mass is 35.5. The summed E-state index contributed by atoms with van der Waals surface area (Å²) in [4.78, 5) is 11.5. The minimum atomic E-state index is -0.478. The Morgan fingerprint density at radius 3 is 2.90 bits per heavy atom. The first-order valence-electron chi connectivity index (χ1n) is 6.86. The average Bonchev–Trinajstić information content (AvgIpc) is 2.47. The molecule has 0 bridgehead atoms. The van der Waals surface area contributed by atoms with Gasteiger partial charge >= 0.3 is 0 Å². The molecule has 3 rings (SSSR count). The van der Waals surface area contributed by atoms with E-state index in [2.05, 4.69) is 16.7 Å². The average molecular weight is 302 g/mol. The summed E-state index contributed by atoms with van der Waals surface area (Å²) in [6.07, 6.45) is 2.18. The Balaban J connectivity index is 1.93. The normalized spacial score (nSPS) is 13.2. The molecule has 2 aromatic carbocycles. The third-order valence-electron chi connectivity index (χ3n) is 3.57. The van der Waals surface area contributed by atoms with Crippen molar-refractivity contribution in [3.8, 4) is 0 Å². The number of benzene rings is 2. The minimum Gasteiger partial charge on any atom is -0.385 e. The van der Waals surface area contributed by atoms with Gasteiger partial charge in [0.2, 0.25) is 0 Å². The lowest BCUT2D eigenvalue weighted by Gasteiger charge is -2.19. The van der Waals surface area contributed by atoms with E-state index in [0.717, 1.165) is 25.1 Å². The van der Waals surface area contributed by atoms with Crippen LogP contribution in [-0.4, -0.2) is 12.5 Å². The number of primary amides is 1. The monoisotopic (exact) mass is 301 g/mol. The van der Waals surface area contributed by atoms with Crippen molar-refractivity contribution in [3.63, 3.8) is 0 Å². The summed E-state index contributed by atoms with van der Waals surface area (Å²) < 4.78 is 0. The van der Waals surface area contributed by atoms with Crippen LogP contribution in [0.15, 0.2) is 36.4 Å². The summed E-state index contributed by atoms with van der Waals surface area (Å²) >= 11 is 6.00. The number of amides is 1. The number of carbonyl (C=O) groups excluding carboxylic acids is 1. The number of hydrogen-bond donors (Lipinski definition) is 3. The Hall–Kier alpha value is -2.20. The zero-order valence-corrected chi connectivity index (χ0v) is 12.2. The molecule has 0 aliphatic carbocycles. The summed E-state index contributed by atoms with van der Waals surface area (Å²) in [6, 6.07) is 11.1. The van der Waals surface area contributed by atoms with E-state index in [1.165, 1.54) is 11.3 Å².